The minimum atomic E-state index is -6.32. The normalized spacial score (nSPS) is 26.8. The van der Waals surface area contributed by atoms with E-state index in [9.17, 15) is 39.6 Å². The van der Waals surface area contributed by atoms with E-state index in [2.05, 4.69) is 4.74 Å². The van der Waals surface area contributed by atoms with Crippen LogP contribution in [0.2, 0.25) is 0 Å². The second-order valence-electron chi connectivity index (χ2n) is 6.73. The van der Waals surface area contributed by atoms with Crippen LogP contribution in [0.1, 0.15) is 25.7 Å². The number of halogens is 6. The van der Waals surface area contributed by atoms with Gasteiger partial charge in [0.2, 0.25) is 0 Å². The Labute approximate surface area is 156 Å². The van der Waals surface area contributed by atoms with Gasteiger partial charge >= 0.3 is 23.9 Å². The summed E-state index contributed by atoms with van der Waals surface area (Å²) < 4.78 is 123. The third-order valence-electron chi connectivity index (χ3n) is 4.50. The smallest absolute Gasteiger partial charge is 0.438 e. The van der Waals surface area contributed by atoms with Crippen LogP contribution in [0.15, 0.2) is 0 Å². The summed E-state index contributed by atoms with van der Waals surface area (Å²) in [5.74, 6) is -6.00. The van der Waals surface area contributed by atoms with Gasteiger partial charge in [-0.1, -0.05) is 0 Å². The van der Waals surface area contributed by atoms with Crippen molar-refractivity contribution in [1.29, 1.82) is 0 Å². The SMILES string of the molecule is O=C(OC(CS(=O)(=O)O)(C(F)(F)F)C(F)(F)F)C1CCC(OCC2CO2)CC1. The van der Waals surface area contributed by atoms with Crippen LogP contribution in [0, 0.1) is 5.92 Å². The van der Waals surface area contributed by atoms with Crippen LogP contribution in [0.25, 0.3) is 0 Å². The summed E-state index contributed by atoms with van der Waals surface area (Å²) in [4.78, 5) is 12.0. The van der Waals surface area contributed by atoms with Crippen molar-refractivity contribution in [3.63, 3.8) is 0 Å². The maximum atomic E-state index is 13.2. The molecule has 1 atom stereocenters. The van der Waals surface area contributed by atoms with Gasteiger partial charge < -0.3 is 14.2 Å². The van der Waals surface area contributed by atoms with Crippen molar-refractivity contribution in [2.75, 3.05) is 19.0 Å². The Morgan fingerprint density at radius 1 is 1.04 bits per heavy atom. The van der Waals surface area contributed by atoms with E-state index in [4.69, 9.17) is 14.0 Å². The fraction of sp³-hybridized carbons (Fsp3) is 0.929. The monoisotopic (exact) mass is 444 g/mol. The van der Waals surface area contributed by atoms with Crippen LogP contribution < -0.4 is 0 Å². The molecule has 2 rings (SSSR count). The van der Waals surface area contributed by atoms with E-state index in [1.54, 1.807) is 0 Å². The van der Waals surface area contributed by atoms with Crippen LogP contribution in [0.5, 0.6) is 0 Å². The minimum Gasteiger partial charge on any atom is -0.438 e. The molecule has 14 heteroatoms. The van der Waals surface area contributed by atoms with Crippen LogP contribution in [0.3, 0.4) is 0 Å². The van der Waals surface area contributed by atoms with Crippen molar-refractivity contribution < 1.29 is 58.3 Å². The Morgan fingerprint density at radius 2 is 1.54 bits per heavy atom. The van der Waals surface area contributed by atoms with Gasteiger partial charge in [0.05, 0.1) is 25.2 Å². The van der Waals surface area contributed by atoms with Crippen LogP contribution in [-0.2, 0) is 29.1 Å². The number of hydrogen-bond donors (Lipinski definition) is 1. The van der Waals surface area contributed by atoms with Gasteiger partial charge in [0, 0.05) is 0 Å². The summed E-state index contributed by atoms with van der Waals surface area (Å²) in [6, 6.07) is 0. The number of ether oxygens (including phenoxy) is 3. The quantitative estimate of drug-likeness (QED) is 0.278. The van der Waals surface area contributed by atoms with Gasteiger partial charge in [-0.3, -0.25) is 9.35 Å². The average Bonchev–Trinajstić information content (AvgIpc) is 3.33. The first-order valence-corrected chi connectivity index (χ1v) is 9.80. The lowest BCUT2D eigenvalue weighted by atomic mass is 9.87. The highest BCUT2D eigenvalue weighted by molar-refractivity contribution is 7.85. The molecule has 1 heterocycles. The van der Waals surface area contributed by atoms with Crippen molar-refractivity contribution in [3.05, 3.63) is 0 Å². The zero-order chi connectivity index (χ0) is 21.4. The van der Waals surface area contributed by atoms with Crippen molar-refractivity contribution in [3.8, 4) is 0 Å². The molecule has 2 fully saturated rings. The third kappa shape index (κ3) is 5.70. The summed E-state index contributed by atoms with van der Waals surface area (Å²) in [6.45, 7) is 0.853. The number of alkyl halides is 6. The molecule has 7 nitrogen and oxygen atoms in total. The zero-order valence-corrected chi connectivity index (χ0v) is 15.1. The summed E-state index contributed by atoms with van der Waals surface area (Å²) in [5.41, 5.74) is -5.36. The molecular formula is C14H18F6O7S. The molecule has 0 spiro atoms. The van der Waals surface area contributed by atoms with Crippen LogP contribution in [-0.4, -0.2) is 68.1 Å². The fourth-order valence-electron chi connectivity index (χ4n) is 2.85. The standard InChI is InChI=1S/C14H18F6O7S/c15-13(16,17)12(14(18,19)20,7-28(22,23)24)27-11(21)8-1-3-9(4-2-8)25-5-10-6-26-10/h8-10H,1-7H2,(H,22,23,24). The van der Waals surface area contributed by atoms with Gasteiger partial charge in [-0.2, -0.15) is 34.8 Å². The lowest BCUT2D eigenvalue weighted by molar-refractivity contribution is -0.362. The minimum absolute atomic E-state index is 0.0256. The molecule has 164 valence electrons. The number of esters is 1. The van der Waals surface area contributed by atoms with Crippen molar-refractivity contribution >= 4 is 16.1 Å². The number of carbonyl (C=O) groups is 1. The molecule has 1 aliphatic carbocycles. The second kappa shape index (κ2) is 7.95. The Kier molecular flexibility index (Phi) is 6.58. The van der Waals surface area contributed by atoms with Crippen molar-refractivity contribution in [1.82, 2.24) is 0 Å². The first-order chi connectivity index (χ1) is 12.6. The molecule has 0 aromatic rings. The van der Waals surface area contributed by atoms with Crippen molar-refractivity contribution in [2.45, 2.75) is 55.8 Å². The fourth-order valence-corrected chi connectivity index (χ4v) is 3.75. The van der Waals surface area contributed by atoms with E-state index in [1.807, 2.05) is 0 Å². The Hall–Kier alpha value is -1.12. The van der Waals surface area contributed by atoms with Gasteiger partial charge in [-0.05, 0) is 25.7 Å². The molecule has 28 heavy (non-hydrogen) atoms. The molecular weight excluding hydrogens is 426 g/mol. The van der Waals surface area contributed by atoms with E-state index in [1.165, 1.54) is 0 Å². The van der Waals surface area contributed by atoms with Gasteiger partial charge in [-0.25, -0.2) is 0 Å². The number of rotatable bonds is 7. The van der Waals surface area contributed by atoms with E-state index in [-0.39, 0.29) is 37.9 Å². The Bertz CT molecular complexity index is 649. The summed E-state index contributed by atoms with van der Waals surface area (Å²) in [6.07, 6.45) is -12.8. The lowest BCUT2D eigenvalue weighted by Gasteiger charge is -2.37. The highest BCUT2D eigenvalue weighted by atomic mass is 32.2. The molecule has 0 amide bonds. The summed E-state index contributed by atoms with van der Waals surface area (Å²) in [7, 11) is -5.79. The number of carbonyl (C=O) groups excluding carboxylic acids is 1. The van der Waals surface area contributed by atoms with Gasteiger partial charge in [0.1, 0.15) is 11.9 Å². The van der Waals surface area contributed by atoms with Crippen LogP contribution in [0.4, 0.5) is 26.3 Å². The molecule has 1 N–H and O–H groups in total. The van der Waals surface area contributed by atoms with Crippen LogP contribution >= 0.6 is 0 Å². The Balaban J connectivity index is 2.09. The van der Waals surface area contributed by atoms with E-state index in [0.29, 0.717) is 13.2 Å². The lowest BCUT2D eigenvalue weighted by Crippen LogP contribution is -2.63. The van der Waals surface area contributed by atoms with Gasteiger partial charge in [-0.15, -0.1) is 0 Å². The predicted octanol–water partition coefficient (Wildman–Crippen LogP) is 2.26. The van der Waals surface area contributed by atoms with Gasteiger partial charge in [0.15, 0.2) is 0 Å². The maximum Gasteiger partial charge on any atom is 0.438 e. The summed E-state index contributed by atoms with van der Waals surface area (Å²) in [5, 5.41) is 0. The molecule has 1 saturated carbocycles. The summed E-state index contributed by atoms with van der Waals surface area (Å²) >= 11 is 0. The zero-order valence-electron chi connectivity index (χ0n) is 14.3. The number of hydrogen-bond acceptors (Lipinski definition) is 6. The first-order valence-electron chi connectivity index (χ1n) is 8.19. The number of epoxide rings is 1. The largest absolute Gasteiger partial charge is 0.438 e. The molecule has 0 bridgehead atoms. The molecule has 2 aliphatic rings. The van der Waals surface area contributed by atoms with Gasteiger partial charge in [0.25, 0.3) is 10.1 Å². The third-order valence-corrected chi connectivity index (χ3v) is 5.28. The topological polar surface area (TPSA) is 102 Å². The van der Waals surface area contributed by atoms with E-state index in [0.717, 1.165) is 0 Å². The van der Waals surface area contributed by atoms with Crippen molar-refractivity contribution in [2.24, 2.45) is 5.92 Å². The van der Waals surface area contributed by atoms with E-state index < -0.39 is 45.7 Å². The first kappa shape index (κ1) is 23.2. The highest BCUT2D eigenvalue weighted by Crippen LogP contribution is 2.47. The molecule has 0 aromatic heterocycles. The second-order valence-corrected chi connectivity index (χ2v) is 8.18. The highest BCUT2D eigenvalue weighted by Gasteiger charge is 2.76. The molecule has 1 saturated heterocycles. The maximum absolute atomic E-state index is 13.2. The predicted molar refractivity (Wildman–Crippen MR) is 78.8 cm³/mol. The Morgan fingerprint density at radius 3 is 1.93 bits per heavy atom. The molecule has 1 aliphatic heterocycles. The molecule has 1 unspecified atom stereocenters. The molecule has 0 aromatic carbocycles. The molecule has 0 radical (unpaired) electrons. The average molecular weight is 444 g/mol. The van der Waals surface area contributed by atoms with E-state index >= 15 is 0 Å².